The van der Waals surface area contributed by atoms with E-state index in [0.29, 0.717) is 17.5 Å². The van der Waals surface area contributed by atoms with E-state index in [9.17, 15) is 14.4 Å². The summed E-state index contributed by atoms with van der Waals surface area (Å²) >= 11 is 0. The largest absolute Gasteiger partial charge is 0.444 e. The number of carbonyl (C=O) groups excluding carboxylic acids is 3. The van der Waals surface area contributed by atoms with Gasteiger partial charge in [-0.3, -0.25) is 9.59 Å². The Kier molecular flexibility index (Phi) is 11.1. The van der Waals surface area contributed by atoms with Crippen LogP contribution in [0.25, 0.3) is 0 Å². The molecular weight excluding hydrogens is 430 g/mol. The predicted octanol–water partition coefficient (Wildman–Crippen LogP) is 4.41. The number of terminal acetylenes is 1. The van der Waals surface area contributed by atoms with Gasteiger partial charge in [-0.1, -0.05) is 45.2 Å². The van der Waals surface area contributed by atoms with Crippen molar-refractivity contribution in [3.8, 4) is 12.3 Å². The van der Waals surface area contributed by atoms with Crippen molar-refractivity contribution in [2.24, 2.45) is 5.92 Å². The van der Waals surface area contributed by atoms with Crippen molar-refractivity contribution in [2.75, 3.05) is 7.05 Å². The van der Waals surface area contributed by atoms with Crippen LogP contribution >= 0.6 is 0 Å². The summed E-state index contributed by atoms with van der Waals surface area (Å²) in [4.78, 5) is 40.7. The van der Waals surface area contributed by atoms with Crippen LogP contribution in [0.2, 0.25) is 0 Å². The molecule has 0 radical (unpaired) electrons. The van der Waals surface area contributed by atoms with Gasteiger partial charge in [0.25, 0.3) is 0 Å². The van der Waals surface area contributed by atoms with Crippen LogP contribution in [-0.2, 0) is 14.3 Å². The van der Waals surface area contributed by atoms with Gasteiger partial charge in [-0.15, -0.1) is 6.42 Å². The maximum atomic E-state index is 13.6. The van der Waals surface area contributed by atoms with Crippen molar-refractivity contribution < 1.29 is 19.1 Å². The van der Waals surface area contributed by atoms with Crippen LogP contribution in [0.5, 0.6) is 0 Å². The van der Waals surface area contributed by atoms with E-state index in [1.54, 1.807) is 52.1 Å². The molecule has 1 aromatic rings. The number of nitrogens with one attached hydrogen (secondary N) is 2. The van der Waals surface area contributed by atoms with Crippen LogP contribution in [0, 0.1) is 18.3 Å². The molecule has 0 aliphatic carbocycles. The van der Waals surface area contributed by atoms with Crippen LogP contribution in [-0.4, -0.2) is 47.5 Å². The van der Waals surface area contributed by atoms with Gasteiger partial charge in [0.15, 0.2) is 0 Å². The zero-order valence-electron chi connectivity index (χ0n) is 21.9. The number of likely N-dealkylation sites (N-methyl/N-ethyl adjacent to an activating group) is 1. The van der Waals surface area contributed by atoms with E-state index in [1.165, 1.54) is 4.90 Å². The zero-order valence-corrected chi connectivity index (χ0v) is 21.9. The summed E-state index contributed by atoms with van der Waals surface area (Å²) in [6.45, 7) is 13.2. The normalized spacial score (nSPS) is 13.9. The maximum absolute atomic E-state index is 13.6. The number of alkyl carbamates (subject to hydrolysis) is 1. The number of benzene rings is 1. The van der Waals surface area contributed by atoms with E-state index >= 15 is 0 Å². The minimum Gasteiger partial charge on any atom is -0.444 e. The molecular formula is C27H41N3O4. The molecule has 7 heteroatoms. The summed E-state index contributed by atoms with van der Waals surface area (Å²) in [5.41, 5.74) is 0.620. The lowest BCUT2D eigenvalue weighted by molar-refractivity contribution is -0.141. The quantitative estimate of drug-likeness (QED) is 0.495. The van der Waals surface area contributed by atoms with Gasteiger partial charge in [0, 0.05) is 18.7 Å². The first-order chi connectivity index (χ1) is 15.8. The van der Waals surface area contributed by atoms with E-state index in [0.717, 1.165) is 12.8 Å². The topological polar surface area (TPSA) is 87.7 Å². The number of hydrogen-bond donors (Lipinski definition) is 2. The number of amides is 3. The molecule has 0 heterocycles. The summed E-state index contributed by atoms with van der Waals surface area (Å²) in [6, 6.07) is 5.24. The number of carbonyl (C=O) groups is 3. The van der Waals surface area contributed by atoms with Crippen molar-refractivity contribution in [1.29, 1.82) is 0 Å². The highest BCUT2D eigenvalue weighted by Crippen LogP contribution is 2.23. The molecule has 3 amide bonds. The van der Waals surface area contributed by atoms with E-state index in [-0.39, 0.29) is 23.8 Å². The van der Waals surface area contributed by atoms with Gasteiger partial charge in [-0.2, -0.15) is 0 Å². The summed E-state index contributed by atoms with van der Waals surface area (Å²) in [5, 5.41) is 5.71. The number of nitrogens with zero attached hydrogens (tertiary/aromatic N) is 1. The Morgan fingerprint density at radius 2 is 1.68 bits per heavy atom. The standard InChI is InChI=1S/C27H41N3O4/c1-10-12-19(5)28-24(31)23(21-15-13-20(11-2)14-16-21)30(9)25(32)22(17-18(3)4)29-26(33)34-27(6,7)8/h2,13-16,18-19,22-23H,10,12,17H2,1,3-9H3,(H,28,31)(H,29,33). The molecule has 0 bridgehead atoms. The van der Waals surface area contributed by atoms with Gasteiger partial charge in [0.05, 0.1) is 0 Å². The van der Waals surface area contributed by atoms with Crippen molar-refractivity contribution in [3.05, 3.63) is 35.4 Å². The number of hydrogen-bond acceptors (Lipinski definition) is 4. The molecule has 3 atom stereocenters. The molecule has 0 aromatic heterocycles. The molecule has 1 aromatic carbocycles. The SMILES string of the molecule is C#Cc1ccc(C(C(=O)NC(C)CCC)N(C)C(=O)C(CC(C)C)NC(=O)OC(C)(C)C)cc1. The van der Waals surface area contributed by atoms with E-state index in [1.807, 2.05) is 27.7 Å². The Labute approximate surface area is 205 Å². The molecule has 1 rings (SSSR count). The highest BCUT2D eigenvalue weighted by molar-refractivity contribution is 5.92. The highest BCUT2D eigenvalue weighted by atomic mass is 16.6. The van der Waals surface area contributed by atoms with Crippen molar-refractivity contribution >= 4 is 17.9 Å². The van der Waals surface area contributed by atoms with E-state index < -0.39 is 23.8 Å². The van der Waals surface area contributed by atoms with Gasteiger partial charge in [0.1, 0.15) is 17.7 Å². The van der Waals surface area contributed by atoms with Gasteiger partial charge in [-0.25, -0.2) is 4.79 Å². The third kappa shape index (κ3) is 9.46. The van der Waals surface area contributed by atoms with Gasteiger partial charge in [-0.05, 0) is 64.2 Å². The molecule has 0 saturated heterocycles. The minimum absolute atomic E-state index is 0.0418. The molecule has 0 spiro atoms. The fourth-order valence-corrected chi connectivity index (χ4v) is 3.66. The number of ether oxygens (including phenoxy) is 1. The lowest BCUT2D eigenvalue weighted by Gasteiger charge is -2.33. The first-order valence-electron chi connectivity index (χ1n) is 11.9. The summed E-state index contributed by atoms with van der Waals surface area (Å²) < 4.78 is 5.36. The van der Waals surface area contributed by atoms with E-state index in [4.69, 9.17) is 11.2 Å². The van der Waals surface area contributed by atoms with Gasteiger partial charge < -0.3 is 20.3 Å². The number of rotatable bonds is 10. The fraction of sp³-hybridized carbons (Fsp3) is 0.593. The van der Waals surface area contributed by atoms with Crippen molar-refractivity contribution in [3.63, 3.8) is 0 Å². The smallest absolute Gasteiger partial charge is 0.408 e. The first kappa shape index (κ1) is 29.0. The Bertz CT molecular complexity index is 865. The Morgan fingerprint density at radius 1 is 1.09 bits per heavy atom. The van der Waals surface area contributed by atoms with Crippen LogP contribution in [0.15, 0.2) is 24.3 Å². The van der Waals surface area contributed by atoms with Gasteiger partial charge >= 0.3 is 6.09 Å². The molecule has 2 N–H and O–H groups in total. The predicted molar refractivity (Wildman–Crippen MR) is 135 cm³/mol. The molecule has 0 fully saturated rings. The summed E-state index contributed by atoms with van der Waals surface area (Å²) in [7, 11) is 1.58. The molecule has 188 valence electrons. The monoisotopic (exact) mass is 471 g/mol. The van der Waals surface area contributed by atoms with Gasteiger partial charge in [0.2, 0.25) is 11.8 Å². The Hall–Kier alpha value is -3.01. The van der Waals surface area contributed by atoms with Crippen LogP contribution < -0.4 is 10.6 Å². The second-order valence-electron chi connectivity index (χ2n) is 10.1. The van der Waals surface area contributed by atoms with Crippen molar-refractivity contribution in [1.82, 2.24) is 15.5 Å². The van der Waals surface area contributed by atoms with Crippen LogP contribution in [0.4, 0.5) is 4.79 Å². The molecule has 34 heavy (non-hydrogen) atoms. The van der Waals surface area contributed by atoms with Crippen molar-refractivity contribution in [2.45, 2.75) is 91.5 Å². The summed E-state index contributed by atoms with van der Waals surface area (Å²) in [5.74, 6) is 2.03. The average Bonchev–Trinajstić information content (AvgIpc) is 2.71. The highest BCUT2D eigenvalue weighted by Gasteiger charge is 2.34. The second-order valence-corrected chi connectivity index (χ2v) is 10.1. The molecule has 0 saturated carbocycles. The molecule has 7 nitrogen and oxygen atoms in total. The van der Waals surface area contributed by atoms with Crippen LogP contribution in [0.3, 0.4) is 0 Å². The first-order valence-corrected chi connectivity index (χ1v) is 11.9. The van der Waals surface area contributed by atoms with Crippen LogP contribution in [0.1, 0.15) is 84.9 Å². The lowest BCUT2D eigenvalue weighted by atomic mass is 9.99. The second kappa shape index (κ2) is 13.0. The Morgan fingerprint density at radius 3 is 2.15 bits per heavy atom. The molecule has 0 aliphatic heterocycles. The lowest BCUT2D eigenvalue weighted by Crippen LogP contribution is -2.52. The molecule has 0 aliphatic rings. The molecule has 3 unspecified atom stereocenters. The Balaban J connectivity index is 3.27. The third-order valence-corrected chi connectivity index (χ3v) is 5.18. The maximum Gasteiger partial charge on any atom is 0.408 e. The fourth-order valence-electron chi connectivity index (χ4n) is 3.66. The zero-order chi connectivity index (χ0) is 26.1. The summed E-state index contributed by atoms with van der Waals surface area (Å²) in [6.07, 6.45) is 6.95. The van der Waals surface area contributed by atoms with E-state index in [2.05, 4.69) is 16.6 Å². The average molecular weight is 472 g/mol. The minimum atomic E-state index is -0.881. The third-order valence-electron chi connectivity index (χ3n) is 5.18.